The van der Waals surface area contributed by atoms with E-state index >= 15 is 0 Å². The molecule has 4 nitrogen and oxygen atoms in total. The van der Waals surface area contributed by atoms with Crippen LogP contribution in [0.25, 0.3) is 0 Å². The average Bonchev–Trinajstić information content (AvgIpc) is 2.78. The lowest BCUT2D eigenvalue weighted by Crippen LogP contribution is -2.57. The number of aliphatic hydroxyl groups excluding tert-OH is 1. The molecule has 2 rings (SSSR count). The van der Waals surface area contributed by atoms with Crippen LogP contribution in [-0.2, 0) is 4.79 Å². The molecule has 110 valence electrons. The Hall–Kier alpha value is -0.610. The lowest BCUT2D eigenvalue weighted by molar-refractivity contribution is -0.129. The van der Waals surface area contributed by atoms with Crippen LogP contribution < -0.4 is 10.6 Å². The van der Waals surface area contributed by atoms with Crippen LogP contribution in [0.15, 0.2) is 0 Å². The molecule has 3 unspecified atom stereocenters. The minimum absolute atomic E-state index is 0.0499. The third kappa shape index (κ3) is 3.48. The van der Waals surface area contributed by atoms with Crippen molar-refractivity contribution in [1.29, 1.82) is 0 Å². The molecule has 0 bridgehead atoms. The van der Waals surface area contributed by atoms with Crippen molar-refractivity contribution in [3.8, 4) is 0 Å². The standard InChI is InChI=1S/C15H28N2O2/c1-2-9-15(10-6-11-16-15)14(19)17-12-7-4-3-5-8-13(12)18/h12-13,16,18H,2-11H2,1H3,(H,17,19). The quantitative estimate of drug-likeness (QED) is 0.680. The van der Waals surface area contributed by atoms with Gasteiger partial charge in [-0.25, -0.2) is 0 Å². The number of carbonyl (C=O) groups excluding carboxylic acids is 1. The van der Waals surface area contributed by atoms with E-state index in [1.54, 1.807) is 0 Å². The van der Waals surface area contributed by atoms with Crippen molar-refractivity contribution in [1.82, 2.24) is 10.6 Å². The minimum atomic E-state index is -0.374. The molecule has 0 aromatic heterocycles. The molecule has 0 aromatic rings. The number of hydrogen-bond acceptors (Lipinski definition) is 3. The lowest BCUT2D eigenvalue weighted by Gasteiger charge is -2.31. The average molecular weight is 268 g/mol. The van der Waals surface area contributed by atoms with Crippen molar-refractivity contribution in [3.63, 3.8) is 0 Å². The summed E-state index contributed by atoms with van der Waals surface area (Å²) in [5.41, 5.74) is -0.374. The van der Waals surface area contributed by atoms with E-state index in [0.29, 0.717) is 0 Å². The molecule has 1 aliphatic heterocycles. The Morgan fingerprint density at radius 3 is 2.79 bits per heavy atom. The fourth-order valence-electron chi connectivity index (χ4n) is 3.52. The first-order valence-corrected chi connectivity index (χ1v) is 7.92. The van der Waals surface area contributed by atoms with Crippen LogP contribution >= 0.6 is 0 Å². The number of rotatable bonds is 4. The minimum Gasteiger partial charge on any atom is -0.391 e. The largest absolute Gasteiger partial charge is 0.391 e. The summed E-state index contributed by atoms with van der Waals surface area (Å²) >= 11 is 0. The molecule has 1 aliphatic carbocycles. The molecule has 1 amide bonds. The Balaban J connectivity index is 1.97. The Kier molecular flexibility index (Phi) is 5.22. The summed E-state index contributed by atoms with van der Waals surface area (Å²) in [7, 11) is 0. The molecule has 1 saturated heterocycles. The second-order valence-electron chi connectivity index (χ2n) is 6.15. The number of hydrogen-bond donors (Lipinski definition) is 3. The molecule has 1 heterocycles. The Morgan fingerprint density at radius 1 is 1.32 bits per heavy atom. The first-order chi connectivity index (χ1) is 9.18. The van der Waals surface area contributed by atoms with Crippen molar-refractivity contribution in [3.05, 3.63) is 0 Å². The van der Waals surface area contributed by atoms with E-state index in [1.165, 1.54) is 6.42 Å². The fourth-order valence-corrected chi connectivity index (χ4v) is 3.52. The SMILES string of the molecule is CCCC1(C(=O)NC2CCCCCC2O)CCCN1. The van der Waals surface area contributed by atoms with Crippen LogP contribution in [0.1, 0.15) is 64.7 Å². The number of nitrogens with one attached hydrogen (secondary N) is 2. The number of amides is 1. The molecule has 3 N–H and O–H groups in total. The first-order valence-electron chi connectivity index (χ1n) is 7.92. The zero-order valence-corrected chi connectivity index (χ0v) is 12.1. The highest BCUT2D eigenvalue weighted by atomic mass is 16.3. The Morgan fingerprint density at radius 2 is 2.11 bits per heavy atom. The maximum atomic E-state index is 12.6. The summed E-state index contributed by atoms with van der Waals surface area (Å²) in [6.07, 6.45) is 8.61. The van der Waals surface area contributed by atoms with Gasteiger partial charge in [0.15, 0.2) is 0 Å². The van der Waals surface area contributed by atoms with Gasteiger partial charge in [-0.2, -0.15) is 0 Å². The van der Waals surface area contributed by atoms with Gasteiger partial charge in [0, 0.05) is 0 Å². The van der Waals surface area contributed by atoms with Gasteiger partial charge >= 0.3 is 0 Å². The summed E-state index contributed by atoms with van der Waals surface area (Å²) < 4.78 is 0. The second-order valence-corrected chi connectivity index (χ2v) is 6.15. The highest BCUT2D eigenvalue weighted by molar-refractivity contribution is 5.87. The van der Waals surface area contributed by atoms with E-state index in [0.717, 1.165) is 57.9 Å². The van der Waals surface area contributed by atoms with Crippen LogP contribution in [-0.4, -0.2) is 35.2 Å². The highest BCUT2D eigenvalue weighted by Gasteiger charge is 2.41. The van der Waals surface area contributed by atoms with Crippen LogP contribution in [0.2, 0.25) is 0 Å². The van der Waals surface area contributed by atoms with Gasteiger partial charge in [-0.1, -0.05) is 32.6 Å². The molecule has 0 radical (unpaired) electrons. The van der Waals surface area contributed by atoms with Crippen LogP contribution in [0.3, 0.4) is 0 Å². The van der Waals surface area contributed by atoms with Gasteiger partial charge < -0.3 is 15.7 Å². The summed E-state index contributed by atoms with van der Waals surface area (Å²) in [5.74, 6) is 0.109. The first kappa shape index (κ1) is 14.8. The van der Waals surface area contributed by atoms with E-state index < -0.39 is 0 Å². The van der Waals surface area contributed by atoms with Crippen molar-refractivity contribution in [2.24, 2.45) is 0 Å². The van der Waals surface area contributed by atoms with Crippen LogP contribution in [0.4, 0.5) is 0 Å². The molecule has 0 aromatic carbocycles. The molecule has 1 saturated carbocycles. The molecular formula is C15H28N2O2. The zero-order chi connectivity index (χ0) is 13.7. The predicted octanol–water partition coefficient (Wildman–Crippen LogP) is 1.72. The van der Waals surface area contributed by atoms with Crippen molar-refractivity contribution < 1.29 is 9.90 Å². The molecule has 2 aliphatic rings. The summed E-state index contributed by atoms with van der Waals surface area (Å²) in [6, 6.07) is -0.0499. The van der Waals surface area contributed by atoms with Gasteiger partial charge in [0.05, 0.1) is 17.7 Å². The normalized spacial score (nSPS) is 35.9. The summed E-state index contributed by atoms with van der Waals surface area (Å²) in [4.78, 5) is 12.6. The molecule has 4 heteroatoms. The van der Waals surface area contributed by atoms with Gasteiger partial charge in [-0.15, -0.1) is 0 Å². The summed E-state index contributed by atoms with van der Waals surface area (Å²) in [6.45, 7) is 3.05. The fraction of sp³-hybridized carbons (Fsp3) is 0.933. The van der Waals surface area contributed by atoms with Crippen molar-refractivity contribution >= 4 is 5.91 Å². The van der Waals surface area contributed by atoms with E-state index in [-0.39, 0.29) is 23.6 Å². The zero-order valence-electron chi connectivity index (χ0n) is 12.1. The van der Waals surface area contributed by atoms with Crippen LogP contribution in [0.5, 0.6) is 0 Å². The monoisotopic (exact) mass is 268 g/mol. The topological polar surface area (TPSA) is 61.4 Å². The second kappa shape index (κ2) is 6.71. The van der Waals surface area contributed by atoms with E-state index in [2.05, 4.69) is 17.6 Å². The van der Waals surface area contributed by atoms with Gasteiger partial charge in [0.1, 0.15) is 0 Å². The Labute approximate surface area is 116 Å². The molecule has 3 atom stereocenters. The maximum Gasteiger partial charge on any atom is 0.240 e. The molecular weight excluding hydrogens is 240 g/mol. The maximum absolute atomic E-state index is 12.6. The smallest absolute Gasteiger partial charge is 0.240 e. The van der Waals surface area contributed by atoms with E-state index in [1.807, 2.05) is 0 Å². The summed E-state index contributed by atoms with van der Waals surface area (Å²) in [5, 5.41) is 16.6. The molecule has 0 spiro atoms. The van der Waals surface area contributed by atoms with Crippen molar-refractivity contribution in [2.75, 3.05) is 6.54 Å². The van der Waals surface area contributed by atoms with E-state index in [9.17, 15) is 9.90 Å². The lowest BCUT2D eigenvalue weighted by atomic mass is 9.90. The number of aliphatic hydroxyl groups is 1. The number of carbonyl (C=O) groups is 1. The highest BCUT2D eigenvalue weighted by Crippen LogP contribution is 2.26. The van der Waals surface area contributed by atoms with Gasteiger partial charge in [-0.3, -0.25) is 4.79 Å². The third-order valence-electron chi connectivity index (χ3n) is 4.65. The van der Waals surface area contributed by atoms with Gasteiger partial charge in [0.25, 0.3) is 0 Å². The van der Waals surface area contributed by atoms with Gasteiger partial charge in [-0.05, 0) is 38.6 Å². The van der Waals surface area contributed by atoms with E-state index in [4.69, 9.17) is 0 Å². The third-order valence-corrected chi connectivity index (χ3v) is 4.65. The predicted molar refractivity (Wildman–Crippen MR) is 75.9 cm³/mol. The molecule has 19 heavy (non-hydrogen) atoms. The van der Waals surface area contributed by atoms with Crippen LogP contribution in [0, 0.1) is 0 Å². The van der Waals surface area contributed by atoms with Gasteiger partial charge in [0.2, 0.25) is 5.91 Å². The Bertz CT molecular complexity index is 301. The van der Waals surface area contributed by atoms with Crippen molar-refractivity contribution in [2.45, 2.75) is 82.4 Å². The molecule has 2 fully saturated rings.